The summed E-state index contributed by atoms with van der Waals surface area (Å²) in [6.07, 6.45) is 5.32. The van der Waals surface area contributed by atoms with E-state index in [-0.39, 0.29) is 11.7 Å². The van der Waals surface area contributed by atoms with E-state index in [1.165, 1.54) is 0 Å². The van der Waals surface area contributed by atoms with Gasteiger partial charge < -0.3 is 9.47 Å². The van der Waals surface area contributed by atoms with Crippen LogP contribution >= 0.6 is 0 Å². The first-order chi connectivity index (χ1) is 20.0. The zero-order chi connectivity index (χ0) is 28.3. The van der Waals surface area contributed by atoms with Gasteiger partial charge in [-0.25, -0.2) is 4.98 Å². The number of rotatable bonds is 7. The Kier molecular flexibility index (Phi) is 7.30. The second-order valence-electron chi connectivity index (χ2n) is 9.76. The first-order valence-corrected chi connectivity index (χ1v) is 13.2. The van der Waals surface area contributed by atoms with Gasteiger partial charge in [0.15, 0.2) is 5.82 Å². The Bertz CT molecular complexity index is 1630. The minimum Gasteiger partial charge on any atom is -0.335 e. The molecule has 1 aliphatic rings. The third-order valence-corrected chi connectivity index (χ3v) is 7.22. The van der Waals surface area contributed by atoms with Crippen molar-refractivity contribution in [1.29, 1.82) is 0 Å². The Morgan fingerprint density at radius 2 is 1.59 bits per heavy atom. The summed E-state index contributed by atoms with van der Waals surface area (Å²) in [5.74, 6) is 0.916. The smallest absolute Gasteiger partial charge is 0.335 e. The summed E-state index contributed by atoms with van der Waals surface area (Å²) in [6, 6.07) is 20.7. The fourth-order valence-electron chi connectivity index (χ4n) is 5.11. The van der Waals surface area contributed by atoms with Gasteiger partial charge in [0.2, 0.25) is 0 Å². The highest BCUT2D eigenvalue weighted by molar-refractivity contribution is 5.93. The number of benzene rings is 2. The van der Waals surface area contributed by atoms with E-state index in [9.17, 15) is 13.6 Å². The number of hydrogen-bond donors (Lipinski definition) is 0. The number of tetrazole rings is 1. The largest absolute Gasteiger partial charge is 0.350 e. The predicted octanol–water partition coefficient (Wildman–Crippen LogP) is 4.08. The van der Waals surface area contributed by atoms with Crippen molar-refractivity contribution in [1.82, 2.24) is 44.5 Å². The molecule has 1 amide bonds. The molecular weight excluding hydrogens is 528 g/mol. The Hall–Kier alpha value is -4.84. The van der Waals surface area contributed by atoms with E-state index in [2.05, 4.69) is 30.3 Å². The van der Waals surface area contributed by atoms with Crippen LogP contribution in [0.25, 0.3) is 22.5 Å². The third-order valence-electron chi connectivity index (χ3n) is 7.22. The van der Waals surface area contributed by atoms with E-state index in [1.54, 1.807) is 17.3 Å². The predicted molar refractivity (Wildman–Crippen MR) is 147 cm³/mol. The van der Waals surface area contributed by atoms with Gasteiger partial charge in [-0.15, -0.1) is 10.2 Å². The van der Waals surface area contributed by atoms with Crippen LogP contribution in [0.5, 0.6) is 0 Å². The number of carbonyl (C=O) groups excluding carboxylic acids is 1. The summed E-state index contributed by atoms with van der Waals surface area (Å²) >= 11 is 0. The molecule has 10 nitrogen and oxygen atoms in total. The second-order valence-corrected chi connectivity index (χ2v) is 9.76. The quantitative estimate of drug-likeness (QED) is 0.299. The Balaban J connectivity index is 1.16. The molecule has 1 saturated heterocycles. The molecule has 1 aliphatic heterocycles. The average molecular weight is 556 g/mol. The van der Waals surface area contributed by atoms with Crippen molar-refractivity contribution in [2.75, 3.05) is 26.2 Å². The van der Waals surface area contributed by atoms with Gasteiger partial charge in [-0.3, -0.25) is 14.7 Å². The molecule has 2 aromatic carbocycles. The van der Waals surface area contributed by atoms with Gasteiger partial charge in [-0.05, 0) is 34.0 Å². The zero-order valence-corrected chi connectivity index (χ0v) is 22.3. The maximum absolute atomic E-state index is 13.4. The summed E-state index contributed by atoms with van der Waals surface area (Å²) in [7, 11) is 1.95. The number of aromatic nitrogens is 7. The monoisotopic (exact) mass is 555 g/mol. The molecule has 0 radical (unpaired) electrons. The lowest BCUT2D eigenvalue weighted by molar-refractivity contribution is 0.0385. The van der Waals surface area contributed by atoms with Crippen LogP contribution < -0.4 is 0 Å². The minimum absolute atomic E-state index is 0.158. The number of piperazine rings is 1. The van der Waals surface area contributed by atoms with Crippen molar-refractivity contribution >= 4 is 5.91 Å². The molecule has 5 aromatic rings. The number of amides is 1. The fourth-order valence-corrected chi connectivity index (χ4v) is 5.11. The highest BCUT2D eigenvalue weighted by Gasteiger charge is 2.32. The van der Waals surface area contributed by atoms with Gasteiger partial charge in [0.25, 0.3) is 5.91 Å². The molecule has 3 aromatic heterocycles. The molecule has 0 spiro atoms. The first-order valence-electron chi connectivity index (χ1n) is 13.2. The maximum atomic E-state index is 13.4. The van der Waals surface area contributed by atoms with Crippen molar-refractivity contribution in [3.63, 3.8) is 0 Å². The van der Waals surface area contributed by atoms with Gasteiger partial charge in [0.1, 0.15) is 11.5 Å². The van der Waals surface area contributed by atoms with Gasteiger partial charge in [0.05, 0.1) is 6.04 Å². The van der Waals surface area contributed by atoms with E-state index in [1.807, 2.05) is 84.5 Å². The summed E-state index contributed by atoms with van der Waals surface area (Å²) in [6.45, 7) is -0.986. The summed E-state index contributed by atoms with van der Waals surface area (Å²) < 4.78 is 28.3. The van der Waals surface area contributed by atoms with Crippen LogP contribution in [0.4, 0.5) is 8.78 Å². The van der Waals surface area contributed by atoms with Crippen molar-refractivity contribution < 1.29 is 13.6 Å². The van der Waals surface area contributed by atoms with Crippen LogP contribution in [0.1, 0.15) is 34.5 Å². The van der Waals surface area contributed by atoms with Gasteiger partial charge in [-0.1, -0.05) is 59.4 Å². The number of aryl methyl sites for hydroxylation is 1. The summed E-state index contributed by atoms with van der Waals surface area (Å²) in [5.41, 5.74) is 4.10. The summed E-state index contributed by atoms with van der Waals surface area (Å²) in [5, 5.41) is 11.4. The molecule has 0 bridgehead atoms. The highest BCUT2D eigenvalue weighted by Crippen LogP contribution is 2.28. The molecule has 0 aliphatic carbocycles. The van der Waals surface area contributed by atoms with Crippen molar-refractivity contribution in [3.05, 3.63) is 102 Å². The molecule has 12 heteroatoms. The van der Waals surface area contributed by atoms with E-state index in [0.717, 1.165) is 28.1 Å². The van der Waals surface area contributed by atoms with E-state index < -0.39 is 12.6 Å². The van der Waals surface area contributed by atoms with E-state index in [4.69, 9.17) is 0 Å². The molecule has 0 saturated carbocycles. The molecule has 41 heavy (non-hydrogen) atoms. The van der Waals surface area contributed by atoms with Crippen LogP contribution in [0.15, 0.2) is 85.3 Å². The molecule has 4 heterocycles. The molecule has 0 unspecified atom stereocenters. The summed E-state index contributed by atoms with van der Waals surface area (Å²) in [4.78, 5) is 26.3. The van der Waals surface area contributed by atoms with Crippen LogP contribution in [-0.4, -0.2) is 76.6 Å². The lowest BCUT2D eigenvalue weighted by atomic mass is 10.0. The van der Waals surface area contributed by atoms with Crippen molar-refractivity contribution in [2.24, 2.45) is 7.05 Å². The molecule has 1 atom stereocenters. The zero-order valence-electron chi connectivity index (χ0n) is 22.3. The normalized spacial score (nSPS) is 14.9. The molecular formula is C29H27F2N9O. The standard InChI is InChI=1S/C29H27F2N9O/c1-37-14-13-33-27(37)22-9-7-20(8-10-22)23-11-12-32-24(19-23)28(41)39-17-15-38(16-18-39)25(21-5-3-2-4-6-21)26-34-36-40(35-26)29(30)31/h2-14,19,25,29H,15-18H2,1H3/t25-/m1/s1. The minimum atomic E-state index is -2.87. The number of halogens is 2. The Labute approximate surface area is 234 Å². The van der Waals surface area contributed by atoms with E-state index >= 15 is 0 Å². The molecule has 6 rings (SSSR count). The topological polar surface area (TPSA) is 97.9 Å². The third kappa shape index (κ3) is 5.46. The van der Waals surface area contributed by atoms with Gasteiger partial charge >= 0.3 is 6.55 Å². The van der Waals surface area contributed by atoms with Crippen molar-refractivity contribution in [3.8, 4) is 22.5 Å². The number of pyridine rings is 1. The number of hydrogen-bond acceptors (Lipinski definition) is 7. The Morgan fingerprint density at radius 1 is 0.854 bits per heavy atom. The number of nitrogens with zero attached hydrogens (tertiary/aromatic N) is 9. The first kappa shape index (κ1) is 26.4. The molecule has 0 N–H and O–H groups in total. The maximum Gasteiger partial charge on any atom is 0.350 e. The van der Waals surface area contributed by atoms with Crippen LogP contribution in [-0.2, 0) is 7.05 Å². The highest BCUT2D eigenvalue weighted by atomic mass is 19.3. The number of alkyl halides is 2. The number of imidazole rings is 1. The second kappa shape index (κ2) is 11.3. The molecule has 208 valence electrons. The molecule has 1 fully saturated rings. The average Bonchev–Trinajstić information content (AvgIpc) is 3.68. The lowest BCUT2D eigenvalue weighted by Gasteiger charge is -2.38. The SMILES string of the molecule is Cn1ccnc1-c1ccc(-c2ccnc(C(=O)N3CCN([C@H](c4ccccc4)c4nnn(C(F)F)n4)CC3)c2)cc1. The fraction of sp³-hybridized carbons (Fsp3) is 0.241. The van der Waals surface area contributed by atoms with Crippen LogP contribution in [0.2, 0.25) is 0 Å². The van der Waals surface area contributed by atoms with Gasteiger partial charge in [0, 0.05) is 57.4 Å². The van der Waals surface area contributed by atoms with E-state index in [0.29, 0.717) is 36.7 Å². The van der Waals surface area contributed by atoms with Crippen LogP contribution in [0, 0.1) is 0 Å². The number of carbonyl (C=O) groups is 1. The Morgan fingerprint density at radius 3 is 2.24 bits per heavy atom. The lowest BCUT2D eigenvalue weighted by Crippen LogP contribution is -2.50. The van der Waals surface area contributed by atoms with Gasteiger partial charge in [-0.2, -0.15) is 8.78 Å². The van der Waals surface area contributed by atoms with Crippen molar-refractivity contribution in [2.45, 2.75) is 12.6 Å². The van der Waals surface area contributed by atoms with Crippen LogP contribution in [0.3, 0.4) is 0 Å².